The molecule has 0 amide bonds. The van der Waals surface area contributed by atoms with Gasteiger partial charge in [-0.1, -0.05) is 53.0 Å². The number of halogens is 2. The lowest BCUT2D eigenvalue weighted by atomic mass is 10.0. The molecule has 0 saturated carbocycles. The van der Waals surface area contributed by atoms with E-state index in [9.17, 15) is 5.11 Å². The summed E-state index contributed by atoms with van der Waals surface area (Å²) in [5.41, 5.74) is 2.99. The van der Waals surface area contributed by atoms with E-state index < -0.39 is 6.10 Å². The van der Waals surface area contributed by atoms with Gasteiger partial charge in [-0.25, -0.2) is 0 Å². The monoisotopic (exact) mass is 286 g/mol. The maximum absolute atomic E-state index is 10.1. The molecule has 1 heterocycles. The van der Waals surface area contributed by atoms with Crippen molar-refractivity contribution in [3.8, 4) is 0 Å². The van der Waals surface area contributed by atoms with Gasteiger partial charge in [-0.3, -0.25) is 0 Å². The van der Waals surface area contributed by atoms with Crippen LogP contribution in [-0.4, -0.2) is 5.11 Å². The van der Waals surface area contributed by atoms with Crippen molar-refractivity contribution in [2.45, 2.75) is 19.4 Å². The van der Waals surface area contributed by atoms with Crippen molar-refractivity contribution >= 4 is 34.5 Å². The Morgan fingerprint density at radius 3 is 2.65 bits per heavy atom. The summed E-state index contributed by atoms with van der Waals surface area (Å²) in [6.45, 7) is 2.03. The van der Waals surface area contributed by atoms with Crippen LogP contribution in [0.15, 0.2) is 30.3 Å². The number of aliphatic hydroxyl groups excluding tert-OH is 1. The molecule has 17 heavy (non-hydrogen) atoms. The summed E-state index contributed by atoms with van der Waals surface area (Å²) >= 11 is 13.2. The third-order valence-corrected chi connectivity index (χ3v) is 4.07. The Morgan fingerprint density at radius 1 is 1.29 bits per heavy atom. The van der Waals surface area contributed by atoms with E-state index in [1.807, 2.05) is 25.1 Å². The lowest BCUT2D eigenvalue weighted by molar-refractivity contribution is 0.179. The molecule has 1 aromatic heterocycles. The minimum absolute atomic E-state index is 0.550. The highest BCUT2D eigenvalue weighted by atomic mass is 35.5. The fourth-order valence-electron chi connectivity index (χ4n) is 1.75. The maximum atomic E-state index is 10.1. The van der Waals surface area contributed by atoms with E-state index in [1.54, 1.807) is 6.07 Å². The van der Waals surface area contributed by atoms with Gasteiger partial charge in [0.25, 0.3) is 0 Å². The van der Waals surface area contributed by atoms with Gasteiger partial charge in [0.15, 0.2) is 0 Å². The fourth-order valence-corrected chi connectivity index (χ4v) is 3.32. The zero-order valence-corrected chi connectivity index (χ0v) is 11.6. The van der Waals surface area contributed by atoms with Crippen LogP contribution in [0, 0.1) is 6.92 Å². The lowest BCUT2D eigenvalue weighted by Gasteiger charge is -2.10. The number of rotatable bonds is 3. The van der Waals surface area contributed by atoms with Crippen LogP contribution in [-0.2, 0) is 6.42 Å². The van der Waals surface area contributed by atoms with Gasteiger partial charge < -0.3 is 5.11 Å². The molecular weight excluding hydrogens is 275 g/mol. The van der Waals surface area contributed by atoms with E-state index in [-0.39, 0.29) is 0 Å². The summed E-state index contributed by atoms with van der Waals surface area (Å²) < 4.78 is 1.17. The molecule has 0 saturated heterocycles. The second-order valence-corrected chi connectivity index (χ2v) is 6.27. The standard InChI is InChI=1S/C13H12Cl2OS/c1-8-3-2-4-9(5-8)6-11(16)10-7-12(14)17-13(10)15/h2-5,7,11,16H,6H2,1H3. The number of hydrogen-bond acceptors (Lipinski definition) is 2. The third kappa shape index (κ3) is 3.23. The molecule has 1 N–H and O–H groups in total. The van der Waals surface area contributed by atoms with E-state index in [4.69, 9.17) is 23.2 Å². The molecule has 1 nitrogen and oxygen atoms in total. The number of aryl methyl sites for hydroxylation is 1. The molecule has 0 fully saturated rings. The number of benzene rings is 1. The van der Waals surface area contributed by atoms with E-state index in [2.05, 4.69) is 6.07 Å². The SMILES string of the molecule is Cc1cccc(CC(O)c2cc(Cl)sc2Cl)c1. The average Bonchev–Trinajstić information content (AvgIpc) is 2.58. The summed E-state index contributed by atoms with van der Waals surface area (Å²) in [6.07, 6.45) is -0.0536. The Morgan fingerprint density at radius 2 is 2.06 bits per heavy atom. The van der Waals surface area contributed by atoms with Crippen molar-refractivity contribution in [1.29, 1.82) is 0 Å². The molecule has 0 radical (unpaired) electrons. The number of hydrogen-bond donors (Lipinski definition) is 1. The molecule has 1 aromatic carbocycles. The summed E-state index contributed by atoms with van der Waals surface area (Å²) in [6, 6.07) is 9.81. The molecular formula is C13H12Cl2OS. The molecule has 0 aliphatic heterocycles. The van der Waals surface area contributed by atoms with Crippen LogP contribution in [0.25, 0.3) is 0 Å². The smallest absolute Gasteiger partial charge is 0.100 e. The first-order valence-corrected chi connectivity index (χ1v) is 6.82. The van der Waals surface area contributed by atoms with E-state index in [0.717, 1.165) is 5.56 Å². The molecule has 0 bridgehead atoms. The molecule has 1 atom stereocenters. The van der Waals surface area contributed by atoms with Gasteiger partial charge in [-0.05, 0) is 18.6 Å². The fraction of sp³-hybridized carbons (Fsp3) is 0.231. The predicted molar refractivity (Wildman–Crippen MR) is 74.2 cm³/mol. The second-order valence-electron chi connectivity index (χ2n) is 3.99. The highest BCUT2D eigenvalue weighted by Gasteiger charge is 2.15. The summed E-state index contributed by atoms with van der Waals surface area (Å²) in [4.78, 5) is 0. The van der Waals surface area contributed by atoms with Crippen molar-refractivity contribution in [2.24, 2.45) is 0 Å². The van der Waals surface area contributed by atoms with Crippen LogP contribution < -0.4 is 0 Å². The number of thiophene rings is 1. The topological polar surface area (TPSA) is 20.2 Å². The molecule has 0 spiro atoms. The maximum Gasteiger partial charge on any atom is 0.100 e. The summed E-state index contributed by atoms with van der Waals surface area (Å²) in [7, 11) is 0. The predicted octanol–water partition coefficient (Wildman–Crippen LogP) is 4.64. The highest BCUT2D eigenvalue weighted by Crippen LogP contribution is 2.36. The Hall–Kier alpha value is -0.540. The van der Waals surface area contributed by atoms with E-state index in [0.29, 0.717) is 20.7 Å². The Bertz CT molecular complexity index is 522. The van der Waals surface area contributed by atoms with Crippen LogP contribution >= 0.6 is 34.5 Å². The quantitative estimate of drug-likeness (QED) is 0.872. The van der Waals surface area contributed by atoms with Crippen LogP contribution in [0.4, 0.5) is 0 Å². The van der Waals surface area contributed by atoms with Crippen molar-refractivity contribution in [2.75, 3.05) is 0 Å². The van der Waals surface area contributed by atoms with Gasteiger partial charge in [-0.2, -0.15) is 0 Å². The van der Waals surface area contributed by atoms with Gasteiger partial charge >= 0.3 is 0 Å². The lowest BCUT2D eigenvalue weighted by Crippen LogP contribution is -2.01. The van der Waals surface area contributed by atoms with Gasteiger partial charge in [0.2, 0.25) is 0 Å². The highest BCUT2D eigenvalue weighted by molar-refractivity contribution is 7.20. The normalized spacial score (nSPS) is 12.7. The molecule has 0 aliphatic rings. The Labute approximate surface area is 115 Å². The van der Waals surface area contributed by atoms with Crippen LogP contribution in [0.2, 0.25) is 8.67 Å². The first kappa shape index (κ1) is 12.9. The Balaban J connectivity index is 2.16. The van der Waals surface area contributed by atoms with Gasteiger partial charge in [0, 0.05) is 12.0 Å². The summed E-state index contributed by atoms with van der Waals surface area (Å²) in [5.74, 6) is 0. The largest absolute Gasteiger partial charge is 0.388 e. The molecule has 0 aliphatic carbocycles. The van der Waals surface area contributed by atoms with Crippen molar-refractivity contribution in [3.63, 3.8) is 0 Å². The Kier molecular flexibility index (Phi) is 4.10. The first-order valence-electron chi connectivity index (χ1n) is 5.24. The van der Waals surface area contributed by atoms with Crippen molar-refractivity contribution in [1.82, 2.24) is 0 Å². The third-order valence-electron chi connectivity index (χ3n) is 2.55. The first-order chi connectivity index (χ1) is 8.06. The van der Waals surface area contributed by atoms with Gasteiger partial charge in [-0.15, -0.1) is 11.3 Å². The second kappa shape index (κ2) is 5.40. The molecule has 4 heteroatoms. The summed E-state index contributed by atoms with van der Waals surface area (Å²) in [5, 5.41) is 10.1. The minimum atomic E-state index is -0.604. The van der Waals surface area contributed by atoms with E-state index >= 15 is 0 Å². The van der Waals surface area contributed by atoms with Crippen LogP contribution in [0.3, 0.4) is 0 Å². The zero-order valence-electron chi connectivity index (χ0n) is 9.28. The zero-order chi connectivity index (χ0) is 12.4. The van der Waals surface area contributed by atoms with E-state index in [1.165, 1.54) is 16.9 Å². The van der Waals surface area contributed by atoms with Crippen LogP contribution in [0.5, 0.6) is 0 Å². The molecule has 2 rings (SSSR count). The molecule has 1 unspecified atom stereocenters. The minimum Gasteiger partial charge on any atom is -0.388 e. The van der Waals surface area contributed by atoms with Crippen molar-refractivity contribution < 1.29 is 5.11 Å². The van der Waals surface area contributed by atoms with Crippen molar-refractivity contribution in [3.05, 3.63) is 55.7 Å². The molecule has 90 valence electrons. The van der Waals surface area contributed by atoms with Gasteiger partial charge in [0.05, 0.1) is 10.4 Å². The molecule has 2 aromatic rings. The van der Waals surface area contributed by atoms with Crippen LogP contribution in [0.1, 0.15) is 22.8 Å². The number of aliphatic hydroxyl groups is 1. The van der Waals surface area contributed by atoms with Gasteiger partial charge in [0.1, 0.15) is 4.34 Å². The average molecular weight is 287 g/mol.